The number of rotatable bonds is 5. The Labute approximate surface area is 367 Å². The topological polar surface area (TPSA) is 21.3 Å². The third-order valence-corrected chi connectivity index (χ3v) is 14.4. The molecule has 300 valence electrons. The van der Waals surface area contributed by atoms with Crippen LogP contribution in [0.3, 0.4) is 0 Å². The molecule has 0 fully saturated rings. The van der Waals surface area contributed by atoms with E-state index >= 15 is 0 Å². The van der Waals surface area contributed by atoms with Gasteiger partial charge in [0.2, 0.25) is 0 Å². The number of nitrogens with zero attached hydrogens (tertiary/aromatic N) is 2. The van der Waals surface area contributed by atoms with Crippen molar-refractivity contribution in [3.63, 3.8) is 0 Å². The van der Waals surface area contributed by atoms with Gasteiger partial charge < -0.3 is 13.9 Å². The Morgan fingerprint density at radius 2 is 0.889 bits per heavy atom. The van der Waals surface area contributed by atoms with E-state index in [1.807, 2.05) is 12.1 Å². The lowest BCUT2D eigenvalue weighted by atomic mass is 9.82. The van der Waals surface area contributed by atoms with Crippen LogP contribution in [0.4, 0.5) is 17.1 Å². The van der Waals surface area contributed by atoms with Crippen molar-refractivity contribution in [2.24, 2.45) is 0 Å². The first-order valence-corrected chi connectivity index (χ1v) is 22.1. The number of fused-ring (bicyclic) bond motifs is 12. The lowest BCUT2D eigenvalue weighted by molar-refractivity contribution is 0.660. The summed E-state index contributed by atoms with van der Waals surface area (Å²) in [4.78, 5) is 2.46. The van der Waals surface area contributed by atoms with Gasteiger partial charge >= 0.3 is 0 Å². The van der Waals surface area contributed by atoms with Gasteiger partial charge in [-0.05, 0) is 128 Å². The van der Waals surface area contributed by atoms with Gasteiger partial charge in [0.05, 0.1) is 11.0 Å². The van der Waals surface area contributed by atoms with Crippen LogP contribution in [-0.4, -0.2) is 4.57 Å². The summed E-state index contributed by atoms with van der Waals surface area (Å²) in [5, 5.41) is 4.73. The monoisotopic (exact) mass is 808 g/mol. The van der Waals surface area contributed by atoms with Crippen molar-refractivity contribution in [3.05, 3.63) is 216 Å². The number of furan rings is 1. The molecule has 0 saturated carbocycles. The Kier molecular flexibility index (Phi) is 7.42. The van der Waals surface area contributed by atoms with Crippen LogP contribution in [0.25, 0.3) is 82.8 Å². The van der Waals surface area contributed by atoms with Crippen molar-refractivity contribution in [1.82, 2.24) is 4.57 Å². The maximum absolute atomic E-state index is 6.23. The van der Waals surface area contributed by atoms with Crippen LogP contribution < -0.4 is 4.90 Å². The standard InChI is InChI=1S/C60H44N2O/c1-59(2)51-17-9-5-13-43(51)45-30-26-41(35-53(45)59)61(42-27-31-46-44-14-6-10-18-52(44)60(3,4)54(46)36-42)39-24-21-37(22-25-39)38-23-29-48-47-15-7-11-19-55(47)62(56(48)33-38)40-28-32-58-50(34-40)49-16-8-12-20-57(49)63-58/h5-36H,1-4H3. The Hall–Kier alpha value is -7.62. The minimum absolute atomic E-state index is 0.113. The molecule has 2 aromatic heterocycles. The van der Waals surface area contributed by atoms with Crippen molar-refractivity contribution in [2.45, 2.75) is 38.5 Å². The smallest absolute Gasteiger partial charge is 0.135 e. The van der Waals surface area contributed by atoms with Gasteiger partial charge in [-0.25, -0.2) is 0 Å². The fraction of sp³-hybridized carbons (Fsp3) is 0.100. The van der Waals surface area contributed by atoms with Crippen LogP contribution in [-0.2, 0) is 10.8 Å². The molecular weight excluding hydrogens is 765 g/mol. The summed E-state index contributed by atoms with van der Waals surface area (Å²) < 4.78 is 8.64. The number of hydrogen-bond donors (Lipinski definition) is 0. The third kappa shape index (κ3) is 5.14. The minimum atomic E-state index is -0.113. The van der Waals surface area contributed by atoms with Crippen LogP contribution >= 0.6 is 0 Å². The van der Waals surface area contributed by atoms with Crippen LogP contribution in [0.15, 0.2) is 199 Å². The molecule has 0 radical (unpaired) electrons. The highest BCUT2D eigenvalue weighted by molar-refractivity contribution is 6.11. The number of anilines is 3. The largest absolute Gasteiger partial charge is 0.456 e. The van der Waals surface area contributed by atoms with Crippen molar-refractivity contribution in [1.29, 1.82) is 0 Å². The van der Waals surface area contributed by atoms with Crippen LogP contribution in [0, 0.1) is 0 Å². The Morgan fingerprint density at radius 1 is 0.365 bits per heavy atom. The highest BCUT2D eigenvalue weighted by Crippen LogP contribution is 2.53. The van der Waals surface area contributed by atoms with E-state index in [9.17, 15) is 0 Å². The van der Waals surface area contributed by atoms with Crippen molar-refractivity contribution < 1.29 is 4.42 Å². The molecular formula is C60H44N2O. The fourth-order valence-corrected chi connectivity index (χ4v) is 11.2. The molecule has 3 heteroatoms. The second kappa shape index (κ2) is 13.0. The zero-order valence-corrected chi connectivity index (χ0v) is 35.8. The van der Waals surface area contributed by atoms with Crippen molar-refractivity contribution in [2.75, 3.05) is 4.90 Å². The lowest BCUT2D eigenvalue weighted by Gasteiger charge is -2.30. The molecule has 0 saturated heterocycles. The summed E-state index contributed by atoms with van der Waals surface area (Å²) in [6.07, 6.45) is 0. The molecule has 0 unspecified atom stereocenters. The number of benzene rings is 9. The van der Waals surface area contributed by atoms with Gasteiger partial charge in [-0.3, -0.25) is 0 Å². The molecule has 2 heterocycles. The van der Waals surface area contributed by atoms with E-state index in [4.69, 9.17) is 4.42 Å². The molecule has 0 amide bonds. The summed E-state index contributed by atoms with van der Waals surface area (Å²) in [5.41, 5.74) is 21.7. The highest BCUT2D eigenvalue weighted by atomic mass is 16.3. The quantitative estimate of drug-likeness (QED) is 0.173. The number of hydrogen-bond acceptors (Lipinski definition) is 2. The first kappa shape index (κ1) is 36.1. The Bertz CT molecular complexity index is 3580. The van der Waals surface area contributed by atoms with E-state index in [1.165, 1.54) is 77.4 Å². The van der Waals surface area contributed by atoms with E-state index in [2.05, 4.69) is 219 Å². The molecule has 0 aliphatic heterocycles. The van der Waals surface area contributed by atoms with E-state index in [0.29, 0.717) is 0 Å². The van der Waals surface area contributed by atoms with Gasteiger partial charge in [-0.1, -0.05) is 149 Å². The van der Waals surface area contributed by atoms with Crippen LogP contribution in [0.2, 0.25) is 0 Å². The molecule has 0 bridgehead atoms. The molecule has 9 aromatic carbocycles. The number of aromatic nitrogens is 1. The zero-order valence-electron chi connectivity index (χ0n) is 35.8. The second-order valence-corrected chi connectivity index (χ2v) is 18.5. The third-order valence-electron chi connectivity index (χ3n) is 14.4. The summed E-state index contributed by atoms with van der Waals surface area (Å²) >= 11 is 0. The summed E-state index contributed by atoms with van der Waals surface area (Å²) in [5.74, 6) is 0. The second-order valence-electron chi connectivity index (χ2n) is 18.5. The van der Waals surface area contributed by atoms with E-state index in [0.717, 1.165) is 44.7 Å². The van der Waals surface area contributed by atoms with Crippen LogP contribution in [0.1, 0.15) is 49.9 Å². The minimum Gasteiger partial charge on any atom is -0.456 e. The number of para-hydroxylation sites is 2. The molecule has 0 N–H and O–H groups in total. The fourth-order valence-electron chi connectivity index (χ4n) is 11.2. The molecule has 2 aliphatic rings. The van der Waals surface area contributed by atoms with Crippen molar-refractivity contribution >= 4 is 60.8 Å². The zero-order chi connectivity index (χ0) is 42.2. The summed E-state index contributed by atoms with van der Waals surface area (Å²) in [7, 11) is 0. The van der Waals surface area contributed by atoms with Gasteiger partial charge in [0.15, 0.2) is 0 Å². The van der Waals surface area contributed by atoms with E-state index in [1.54, 1.807) is 0 Å². The van der Waals surface area contributed by atoms with Gasteiger partial charge in [-0.2, -0.15) is 0 Å². The van der Waals surface area contributed by atoms with Gasteiger partial charge in [-0.15, -0.1) is 0 Å². The Balaban J connectivity index is 0.945. The predicted octanol–water partition coefficient (Wildman–Crippen LogP) is 16.4. The first-order chi connectivity index (χ1) is 30.7. The normalized spacial score (nSPS) is 14.3. The van der Waals surface area contributed by atoms with Gasteiger partial charge in [0, 0.05) is 55.1 Å². The summed E-state index contributed by atoms with van der Waals surface area (Å²) in [6.45, 7) is 9.46. The average molecular weight is 809 g/mol. The molecule has 63 heavy (non-hydrogen) atoms. The van der Waals surface area contributed by atoms with E-state index < -0.39 is 0 Å². The Morgan fingerprint density at radius 3 is 1.57 bits per heavy atom. The lowest BCUT2D eigenvalue weighted by Crippen LogP contribution is -2.18. The maximum atomic E-state index is 6.23. The maximum Gasteiger partial charge on any atom is 0.135 e. The summed E-state index contributed by atoms with van der Waals surface area (Å²) in [6, 6.07) is 71.7. The molecule has 0 atom stereocenters. The molecule has 2 aliphatic carbocycles. The molecule has 0 spiro atoms. The van der Waals surface area contributed by atoms with Gasteiger partial charge in [0.1, 0.15) is 11.2 Å². The first-order valence-electron chi connectivity index (χ1n) is 22.1. The van der Waals surface area contributed by atoms with E-state index in [-0.39, 0.29) is 10.8 Å². The van der Waals surface area contributed by atoms with Crippen molar-refractivity contribution in [3.8, 4) is 39.1 Å². The van der Waals surface area contributed by atoms with Gasteiger partial charge in [0.25, 0.3) is 0 Å². The molecule has 3 nitrogen and oxygen atoms in total. The predicted molar refractivity (Wildman–Crippen MR) is 263 cm³/mol. The SMILES string of the molecule is CC1(C)c2ccccc2-c2ccc(N(c3ccc(-c4ccc5c6ccccc6n(-c6ccc7oc8ccccc8c7c6)c5c4)cc3)c3ccc4c(c3)C(C)(C)c3ccccc3-4)cc21. The highest BCUT2D eigenvalue weighted by Gasteiger charge is 2.37. The molecule has 11 aromatic rings. The van der Waals surface area contributed by atoms with Crippen LogP contribution in [0.5, 0.6) is 0 Å². The molecule has 13 rings (SSSR count). The average Bonchev–Trinajstić information content (AvgIpc) is 3.99.